The largest absolute Gasteiger partial charge is 0.312 e. The van der Waals surface area contributed by atoms with Gasteiger partial charge in [0.25, 0.3) is 0 Å². The van der Waals surface area contributed by atoms with Crippen LogP contribution < -0.4 is 5.32 Å². The Bertz CT molecular complexity index is 303. The quantitative estimate of drug-likeness (QED) is 0.792. The van der Waals surface area contributed by atoms with Crippen LogP contribution in [0.3, 0.4) is 0 Å². The van der Waals surface area contributed by atoms with E-state index in [1.54, 1.807) is 0 Å². The Morgan fingerprint density at radius 1 is 1.20 bits per heavy atom. The molecule has 0 aliphatic carbocycles. The normalized spacial score (nSPS) is 11.4. The molecule has 0 saturated carbocycles. The Kier molecular flexibility index (Phi) is 4.10. The van der Waals surface area contributed by atoms with Gasteiger partial charge in [0.15, 0.2) is 0 Å². The van der Waals surface area contributed by atoms with Crippen molar-refractivity contribution in [3.8, 4) is 0 Å². The standard InChI is InChI=1S/C14H21N/c1-5-12-6-8-13(9-7-12)10-11-15-14(2,3)4/h5-9,15H,1,10-11H2,2-4H3. The van der Waals surface area contributed by atoms with E-state index in [0.29, 0.717) is 0 Å². The lowest BCUT2D eigenvalue weighted by Crippen LogP contribution is -2.37. The summed E-state index contributed by atoms with van der Waals surface area (Å²) in [6.45, 7) is 11.3. The summed E-state index contributed by atoms with van der Waals surface area (Å²) >= 11 is 0. The van der Waals surface area contributed by atoms with Crippen LogP contribution in [0.5, 0.6) is 0 Å². The van der Waals surface area contributed by atoms with Crippen molar-refractivity contribution in [2.75, 3.05) is 6.54 Å². The molecule has 0 radical (unpaired) electrons. The first-order chi connectivity index (χ1) is 7.01. The van der Waals surface area contributed by atoms with Crippen LogP contribution in [0.25, 0.3) is 6.08 Å². The zero-order chi connectivity index (χ0) is 11.3. The molecule has 1 rings (SSSR count). The van der Waals surface area contributed by atoms with Crippen molar-refractivity contribution in [2.45, 2.75) is 32.7 Å². The SMILES string of the molecule is C=Cc1ccc(CCNC(C)(C)C)cc1. The van der Waals surface area contributed by atoms with Crippen molar-refractivity contribution in [1.29, 1.82) is 0 Å². The maximum atomic E-state index is 3.74. The second-order valence-corrected chi connectivity index (χ2v) is 4.87. The van der Waals surface area contributed by atoms with Gasteiger partial charge >= 0.3 is 0 Å². The fourth-order valence-corrected chi connectivity index (χ4v) is 1.40. The molecule has 1 aromatic carbocycles. The van der Waals surface area contributed by atoms with E-state index in [1.165, 1.54) is 11.1 Å². The summed E-state index contributed by atoms with van der Waals surface area (Å²) in [6.07, 6.45) is 2.95. The van der Waals surface area contributed by atoms with Crippen molar-refractivity contribution in [3.05, 3.63) is 42.0 Å². The van der Waals surface area contributed by atoms with E-state index < -0.39 is 0 Å². The molecular weight excluding hydrogens is 182 g/mol. The second-order valence-electron chi connectivity index (χ2n) is 4.87. The number of benzene rings is 1. The van der Waals surface area contributed by atoms with E-state index in [2.05, 4.69) is 56.9 Å². The van der Waals surface area contributed by atoms with Crippen LogP contribution in [-0.2, 0) is 6.42 Å². The first-order valence-corrected chi connectivity index (χ1v) is 5.48. The average Bonchev–Trinajstić information content (AvgIpc) is 2.17. The van der Waals surface area contributed by atoms with Gasteiger partial charge in [-0.1, -0.05) is 36.9 Å². The van der Waals surface area contributed by atoms with E-state index >= 15 is 0 Å². The van der Waals surface area contributed by atoms with Gasteiger partial charge in [0, 0.05) is 5.54 Å². The van der Waals surface area contributed by atoms with Crippen molar-refractivity contribution in [3.63, 3.8) is 0 Å². The van der Waals surface area contributed by atoms with E-state index in [9.17, 15) is 0 Å². The molecule has 0 spiro atoms. The fourth-order valence-electron chi connectivity index (χ4n) is 1.40. The van der Waals surface area contributed by atoms with Crippen molar-refractivity contribution in [2.24, 2.45) is 0 Å². The molecule has 1 aromatic rings. The van der Waals surface area contributed by atoms with Crippen LogP contribution in [0.15, 0.2) is 30.8 Å². The second kappa shape index (κ2) is 5.13. The molecule has 0 saturated heterocycles. The third-order valence-corrected chi connectivity index (χ3v) is 2.28. The molecule has 0 aromatic heterocycles. The zero-order valence-corrected chi connectivity index (χ0v) is 10.0. The first-order valence-electron chi connectivity index (χ1n) is 5.48. The van der Waals surface area contributed by atoms with Crippen LogP contribution in [0.2, 0.25) is 0 Å². The molecule has 0 fully saturated rings. The van der Waals surface area contributed by atoms with Crippen LogP contribution in [-0.4, -0.2) is 12.1 Å². The highest BCUT2D eigenvalue weighted by atomic mass is 14.9. The van der Waals surface area contributed by atoms with Crippen molar-refractivity contribution >= 4 is 6.08 Å². The van der Waals surface area contributed by atoms with E-state index in [4.69, 9.17) is 0 Å². The molecule has 82 valence electrons. The van der Waals surface area contributed by atoms with Gasteiger partial charge in [-0.15, -0.1) is 0 Å². The fraction of sp³-hybridized carbons (Fsp3) is 0.429. The topological polar surface area (TPSA) is 12.0 Å². The van der Waals surface area contributed by atoms with Gasteiger partial charge in [-0.3, -0.25) is 0 Å². The Hall–Kier alpha value is -1.08. The summed E-state index contributed by atoms with van der Waals surface area (Å²) in [5.41, 5.74) is 2.76. The van der Waals surface area contributed by atoms with Gasteiger partial charge in [0.05, 0.1) is 0 Å². The van der Waals surface area contributed by atoms with E-state index in [0.717, 1.165) is 13.0 Å². The zero-order valence-electron chi connectivity index (χ0n) is 10.0. The Morgan fingerprint density at radius 2 is 1.80 bits per heavy atom. The molecule has 0 unspecified atom stereocenters. The van der Waals surface area contributed by atoms with Gasteiger partial charge in [0.2, 0.25) is 0 Å². The Balaban J connectivity index is 2.41. The van der Waals surface area contributed by atoms with Crippen LogP contribution in [0.1, 0.15) is 31.9 Å². The lowest BCUT2D eigenvalue weighted by atomic mass is 10.1. The molecule has 1 heteroatoms. The maximum absolute atomic E-state index is 3.74. The summed E-state index contributed by atoms with van der Waals surface area (Å²) in [5, 5.41) is 3.48. The van der Waals surface area contributed by atoms with Crippen LogP contribution in [0.4, 0.5) is 0 Å². The average molecular weight is 203 g/mol. The summed E-state index contributed by atoms with van der Waals surface area (Å²) < 4.78 is 0. The number of hydrogen-bond acceptors (Lipinski definition) is 1. The minimum absolute atomic E-state index is 0.209. The van der Waals surface area contributed by atoms with Gasteiger partial charge in [-0.2, -0.15) is 0 Å². The number of rotatable bonds is 4. The maximum Gasteiger partial charge on any atom is 0.00966 e. The summed E-state index contributed by atoms with van der Waals surface area (Å²) in [5.74, 6) is 0. The predicted octanol–water partition coefficient (Wildman–Crippen LogP) is 3.26. The van der Waals surface area contributed by atoms with Crippen LogP contribution >= 0.6 is 0 Å². The lowest BCUT2D eigenvalue weighted by Gasteiger charge is -2.20. The van der Waals surface area contributed by atoms with Gasteiger partial charge in [-0.25, -0.2) is 0 Å². The first kappa shape index (κ1) is 12.0. The van der Waals surface area contributed by atoms with Gasteiger partial charge in [0.1, 0.15) is 0 Å². The Morgan fingerprint density at radius 3 is 2.27 bits per heavy atom. The molecule has 0 heterocycles. The molecule has 0 amide bonds. The highest BCUT2D eigenvalue weighted by molar-refractivity contribution is 5.47. The minimum Gasteiger partial charge on any atom is -0.312 e. The molecular formula is C14H21N. The van der Waals surface area contributed by atoms with Gasteiger partial charge in [-0.05, 0) is 44.9 Å². The molecule has 0 aliphatic rings. The minimum atomic E-state index is 0.209. The third kappa shape index (κ3) is 4.80. The highest BCUT2D eigenvalue weighted by Crippen LogP contribution is 2.06. The van der Waals surface area contributed by atoms with Crippen molar-refractivity contribution in [1.82, 2.24) is 5.32 Å². The van der Waals surface area contributed by atoms with Crippen LogP contribution in [0, 0.1) is 0 Å². The van der Waals surface area contributed by atoms with Crippen molar-refractivity contribution < 1.29 is 0 Å². The molecule has 0 aliphatic heterocycles. The smallest absolute Gasteiger partial charge is 0.00966 e. The summed E-state index contributed by atoms with van der Waals surface area (Å²) in [6, 6.07) is 8.56. The summed E-state index contributed by atoms with van der Waals surface area (Å²) in [7, 11) is 0. The molecule has 0 atom stereocenters. The monoisotopic (exact) mass is 203 g/mol. The molecule has 1 nitrogen and oxygen atoms in total. The molecule has 1 N–H and O–H groups in total. The highest BCUT2D eigenvalue weighted by Gasteiger charge is 2.07. The number of nitrogens with one attached hydrogen (secondary N) is 1. The van der Waals surface area contributed by atoms with E-state index in [-0.39, 0.29) is 5.54 Å². The third-order valence-electron chi connectivity index (χ3n) is 2.28. The van der Waals surface area contributed by atoms with Gasteiger partial charge < -0.3 is 5.32 Å². The van der Waals surface area contributed by atoms with E-state index in [1.807, 2.05) is 6.08 Å². The summed E-state index contributed by atoms with van der Waals surface area (Å²) in [4.78, 5) is 0. The lowest BCUT2D eigenvalue weighted by molar-refractivity contribution is 0.429. The Labute approximate surface area is 93.2 Å². The molecule has 0 bridgehead atoms. The number of hydrogen-bond donors (Lipinski definition) is 1. The molecule has 15 heavy (non-hydrogen) atoms. The predicted molar refractivity (Wildman–Crippen MR) is 68.0 cm³/mol.